The molecule has 7 nitrogen and oxygen atoms in total. The van der Waals surface area contributed by atoms with E-state index in [0.717, 1.165) is 56.0 Å². The number of hydrogen-bond acceptors (Lipinski definition) is 7. The molecule has 0 radical (unpaired) electrons. The second-order valence-electron chi connectivity index (χ2n) is 5.85. The average molecular weight is 407 g/mol. The van der Waals surface area contributed by atoms with Crippen molar-refractivity contribution >= 4 is 38.9 Å². The van der Waals surface area contributed by atoms with Crippen molar-refractivity contribution in [3.05, 3.63) is 35.1 Å². The van der Waals surface area contributed by atoms with Crippen LogP contribution in [0.2, 0.25) is 0 Å². The van der Waals surface area contributed by atoms with Gasteiger partial charge >= 0.3 is 0 Å². The van der Waals surface area contributed by atoms with Gasteiger partial charge in [-0.1, -0.05) is 22.0 Å². The molecule has 1 aromatic carbocycles. The number of hydrogen-bond donors (Lipinski definition) is 3. The number of nitrogens with one attached hydrogen (secondary N) is 2. The summed E-state index contributed by atoms with van der Waals surface area (Å²) < 4.78 is 6.35. The lowest BCUT2D eigenvalue weighted by Crippen LogP contribution is -2.37. The third-order valence-corrected chi connectivity index (χ3v) is 4.51. The zero-order valence-electron chi connectivity index (χ0n) is 14.0. The van der Waals surface area contributed by atoms with Crippen molar-refractivity contribution in [2.45, 2.75) is 6.42 Å². The molecule has 0 aliphatic carbocycles. The normalized spacial score (nSPS) is 15.1. The molecule has 0 bridgehead atoms. The van der Waals surface area contributed by atoms with Crippen LogP contribution in [0, 0.1) is 0 Å². The third-order valence-electron chi connectivity index (χ3n) is 4.02. The van der Waals surface area contributed by atoms with Gasteiger partial charge in [0.15, 0.2) is 11.6 Å². The van der Waals surface area contributed by atoms with Crippen LogP contribution in [0.1, 0.15) is 6.42 Å². The monoisotopic (exact) mass is 406 g/mol. The summed E-state index contributed by atoms with van der Waals surface area (Å²) in [6.07, 6.45) is 2.54. The van der Waals surface area contributed by atoms with Crippen molar-refractivity contribution < 1.29 is 4.74 Å². The quantitative estimate of drug-likeness (QED) is 0.609. The van der Waals surface area contributed by atoms with Gasteiger partial charge in [0.05, 0.1) is 13.2 Å². The van der Waals surface area contributed by atoms with Crippen LogP contribution >= 0.6 is 15.9 Å². The number of nitrogens with zero attached hydrogens (tertiary/aromatic N) is 3. The fourth-order valence-electron chi connectivity index (χ4n) is 2.67. The van der Waals surface area contributed by atoms with E-state index in [-0.39, 0.29) is 0 Å². The number of morpholine rings is 1. The second-order valence-corrected chi connectivity index (χ2v) is 6.77. The Kier molecular flexibility index (Phi) is 6.43. The van der Waals surface area contributed by atoms with Gasteiger partial charge in [-0.05, 0) is 31.2 Å². The lowest BCUT2D eigenvalue weighted by Gasteiger charge is -2.26. The summed E-state index contributed by atoms with van der Waals surface area (Å²) >= 11 is 3.46. The first-order valence-corrected chi connectivity index (χ1v) is 9.19. The lowest BCUT2D eigenvalue weighted by atomic mass is 10.3. The number of aromatic nitrogens is 2. The summed E-state index contributed by atoms with van der Waals surface area (Å²) in [6, 6.07) is 7.85. The molecule has 1 aliphatic heterocycles. The second kappa shape index (κ2) is 8.98. The molecule has 1 aliphatic rings. The minimum Gasteiger partial charge on any atom is -0.393 e. The maximum absolute atomic E-state index is 6.21. The molecule has 1 fully saturated rings. The molecular formula is C17H23BrN6O. The van der Waals surface area contributed by atoms with Crippen LogP contribution in [0.5, 0.6) is 0 Å². The van der Waals surface area contributed by atoms with Gasteiger partial charge in [-0.3, -0.25) is 4.90 Å². The van der Waals surface area contributed by atoms with Crippen LogP contribution in [0.25, 0.3) is 0 Å². The van der Waals surface area contributed by atoms with Crippen LogP contribution in [-0.2, 0) is 4.74 Å². The van der Waals surface area contributed by atoms with Crippen LogP contribution in [-0.4, -0.2) is 54.3 Å². The average Bonchev–Trinajstić information content (AvgIpc) is 2.62. The topological polar surface area (TPSA) is 88.3 Å². The summed E-state index contributed by atoms with van der Waals surface area (Å²) in [5.41, 5.74) is 7.64. The molecular weight excluding hydrogens is 384 g/mol. The van der Waals surface area contributed by atoms with Gasteiger partial charge in [-0.15, -0.1) is 0 Å². The van der Waals surface area contributed by atoms with E-state index in [0.29, 0.717) is 17.3 Å². The number of ether oxygens (including phenoxy) is 1. The summed E-state index contributed by atoms with van der Waals surface area (Å²) in [5, 5.41) is 6.53. The van der Waals surface area contributed by atoms with Crippen LogP contribution < -0.4 is 16.4 Å². The van der Waals surface area contributed by atoms with Crippen molar-refractivity contribution in [2.24, 2.45) is 0 Å². The van der Waals surface area contributed by atoms with Gasteiger partial charge < -0.3 is 21.1 Å². The summed E-state index contributed by atoms with van der Waals surface area (Å²) in [4.78, 5) is 10.9. The maximum atomic E-state index is 6.21. The number of nitrogen functional groups attached to an aromatic ring is 1. The highest BCUT2D eigenvalue weighted by Crippen LogP contribution is 2.26. The standard InChI is InChI=1S/C17H23BrN6O/c18-13-3-1-4-14(11-13)23-17-15(19)16(21-12-22-17)20-5-2-6-24-7-9-25-10-8-24/h1,3-4,11-12H,2,5-10,19H2,(H2,20,21,22,23). The Morgan fingerprint density at radius 1 is 1.20 bits per heavy atom. The van der Waals surface area contributed by atoms with Crippen LogP contribution in [0.3, 0.4) is 0 Å². The van der Waals surface area contributed by atoms with Gasteiger partial charge in [0.1, 0.15) is 12.0 Å². The number of benzene rings is 1. The Labute approximate surface area is 156 Å². The van der Waals surface area contributed by atoms with Crippen molar-refractivity contribution in [1.82, 2.24) is 14.9 Å². The van der Waals surface area contributed by atoms with Crippen molar-refractivity contribution in [3.63, 3.8) is 0 Å². The van der Waals surface area contributed by atoms with Crippen molar-refractivity contribution in [1.29, 1.82) is 0 Å². The highest BCUT2D eigenvalue weighted by atomic mass is 79.9. The Balaban J connectivity index is 1.53. The van der Waals surface area contributed by atoms with Gasteiger partial charge in [0.25, 0.3) is 0 Å². The summed E-state index contributed by atoms with van der Waals surface area (Å²) in [7, 11) is 0. The predicted octanol–water partition coefficient (Wildman–Crippen LogP) is 2.70. The van der Waals surface area contributed by atoms with Crippen molar-refractivity contribution in [3.8, 4) is 0 Å². The number of anilines is 4. The largest absolute Gasteiger partial charge is 0.393 e. The molecule has 8 heteroatoms. The maximum Gasteiger partial charge on any atom is 0.159 e. The molecule has 0 atom stereocenters. The van der Waals surface area contributed by atoms with E-state index in [1.54, 1.807) is 0 Å². The first kappa shape index (κ1) is 17.9. The van der Waals surface area contributed by atoms with Gasteiger partial charge in [-0.25, -0.2) is 9.97 Å². The molecule has 0 saturated carbocycles. The number of halogens is 1. The molecule has 2 aromatic rings. The van der Waals surface area contributed by atoms with E-state index in [1.165, 1.54) is 6.33 Å². The van der Waals surface area contributed by atoms with E-state index in [9.17, 15) is 0 Å². The molecule has 1 saturated heterocycles. The Morgan fingerprint density at radius 3 is 2.80 bits per heavy atom. The molecule has 4 N–H and O–H groups in total. The molecule has 25 heavy (non-hydrogen) atoms. The molecule has 2 heterocycles. The van der Waals surface area contributed by atoms with E-state index in [4.69, 9.17) is 10.5 Å². The van der Waals surface area contributed by atoms with E-state index < -0.39 is 0 Å². The minimum atomic E-state index is 0.522. The highest BCUT2D eigenvalue weighted by molar-refractivity contribution is 9.10. The van der Waals surface area contributed by atoms with Gasteiger partial charge in [0.2, 0.25) is 0 Å². The van der Waals surface area contributed by atoms with Gasteiger partial charge in [0, 0.05) is 29.8 Å². The fraction of sp³-hybridized carbons (Fsp3) is 0.412. The fourth-order valence-corrected chi connectivity index (χ4v) is 3.07. The molecule has 134 valence electrons. The Bertz CT molecular complexity index is 693. The molecule has 0 unspecified atom stereocenters. The smallest absolute Gasteiger partial charge is 0.159 e. The first-order valence-electron chi connectivity index (χ1n) is 8.39. The predicted molar refractivity (Wildman–Crippen MR) is 104 cm³/mol. The van der Waals surface area contributed by atoms with E-state index in [1.807, 2.05) is 24.3 Å². The molecule has 3 rings (SSSR count). The number of rotatable bonds is 7. The SMILES string of the molecule is Nc1c(NCCCN2CCOCC2)ncnc1Nc1cccc(Br)c1. The van der Waals surface area contributed by atoms with Crippen LogP contribution in [0.4, 0.5) is 23.0 Å². The van der Waals surface area contributed by atoms with E-state index >= 15 is 0 Å². The molecule has 0 amide bonds. The van der Waals surface area contributed by atoms with Crippen molar-refractivity contribution in [2.75, 3.05) is 55.8 Å². The zero-order valence-corrected chi connectivity index (χ0v) is 15.6. The minimum absolute atomic E-state index is 0.522. The van der Waals surface area contributed by atoms with Gasteiger partial charge in [-0.2, -0.15) is 0 Å². The zero-order chi connectivity index (χ0) is 17.5. The van der Waals surface area contributed by atoms with E-state index in [2.05, 4.69) is 41.4 Å². The Hall–Kier alpha value is -1.90. The summed E-state index contributed by atoms with van der Waals surface area (Å²) in [6.45, 7) is 5.54. The first-order chi connectivity index (χ1) is 12.2. The highest BCUT2D eigenvalue weighted by Gasteiger charge is 2.11. The third kappa shape index (κ3) is 5.29. The summed E-state index contributed by atoms with van der Waals surface area (Å²) in [5.74, 6) is 1.26. The number of nitrogens with two attached hydrogens (primary N) is 1. The van der Waals surface area contributed by atoms with Crippen LogP contribution in [0.15, 0.2) is 35.1 Å². The molecule has 1 aromatic heterocycles. The molecule has 0 spiro atoms. The Morgan fingerprint density at radius 2 is 2.00 bits per heavy atom. The lowest BCUT2D eigenvalue weighted by molar-refractivity contribution is 0.0378.